The number of ether oxygens (including phenoxy) is 2. The maximum absolute atomic E-state index is 12.5. The second kappa shape index (κ2) is 6.54. The van der Waals surface area contributed by atoms with E-state index >= 15 is 0 Å². The average Bonchev–Trinajstić information content (AvgIpc) is 2.45. The quantitative estimate of drug-likeness (QED) is 0.835. The Balaban J connectivity index is 2.23. The van der Waals surface area contributed by atoms with Crippen LogP contribution < -0.4 is 15.0 Å². The summed E-state index contributed by atoms with van der Waals surface area (Å²) in [6.07, 6.45) is 0. The lowest BCUT2D eigenvalue weighted by atomic mass is 10.0. The van der Waals surface area contributed by atoms with Crippen LogP contribution in [-0.2, 0) is 14.3 Å². The van der Waals surface area contributed by atoms with E-state index in [1.54, 1.807) is 39.2 Å². The highest BCUT2D eigenvalue weighted by Gasteiger charge is 2.41. The number of fused-ring (bicyclic) bond motifs is 1. The van der Waals surface area contributed by atoms with E-state index in [9.17, 15) is 9.59 Å². The number of nitrogens with zero attached hydrogens (tertiary/aromatic N) is 1. The Morgan fingerprint density at radius 3 is 2.86 bits per heavy atom. The third-order valence-electron chi connectivity index (χ3n) is 3.27. The SMILES string of the molecule is COCCNC(=O)CN1C(=O)C(C)(C)Oc2ccc(Cl)cc21. The van der Waals surface area contributed by atoms with E-state index in [2.05, 4.69) is 5.32 Å². The fourth-order valence-corrected chi connectivity index (χ4v) is 2.36. The smallest absolute Gasteiger partial charge is 0.271 e. The summed E-state index contributed by atoms with van der Waals surface area (Å²) in [5, 5.41) is 3.16. The molecule has 6 nitrogen and oxygen atoms in total. The van der Waals surface area contributed by atoms with Crippen LogP contribution in [0.2, 0.25) is 5.02 Å². The van der Waals surface area contributed by atoms with Crippen molar-refractivity contribution in [3.8, 4) is 5.75 Å². The maximum atomic E-state index is 12.5. The van der Waals surface area contributed by atoms with Gasteiger partial charge in [0.25, 0.3) is 5.91 Å². The predicted molar refractivity (Wildman–Crippen MR) is 83.4 cm³/mol. The van der Waals surface area contributed by atoms with Gasteiger partial charge in [-0.3, -0.25) is 14.5 Å². The summed E-state index contributed by atoms with van der Waals surface area (Å²) in [6.45, 7) is 4.05. The van der Waals surface area contributed by atoms with Gasteiger partial charge in [-0.2, -0.15) is 0 Å². The summed E-state index contributed by atoms with van der Waals surface area (Å²) in [6, 6.07) is 5.00. The Bertz CT molecular complexity index is 589. The molecule has 1 aromatic rings. The topological polar surface area (TPSA) is 67.9 Å². The number of carbonyl (C=O) groups is 2. The summed E-state index contributed by atoms with van der Waals surface area (Å²) < 4.78 is 10.6. The van der Waals surface area contributed by atoms with E-state index in [1.165, 1.54) is 4.90 Å². The van der Waals surface area contributed by atoms with E-state index in [4.69, 9.17) is 21.1 Å². The van der Waals surface area contributed by atoms with Crippen LogP contribution in [0, 0.1) is 0 Å². The highest BCUT2D eigenvalue weighted by Crippen LogP contribution is 2.39. The zero-order valence-corrected chi connectivity index (χ0v) is 13.6. The number of hydrogen-bond donors (Lipinski definition) is 1. The number of carbonyl (C=O) groups excluding carboxylic acids is 2. The molecule has 1 N–H and O–H groups in total. The molecule has 1 aliphatic heterocycles. The first-order chi connectivity index (χ1) is 10.3. The molecular weight excluding hydrogens is 308 g/mol. The van der Waals surface area contributed by atoms with Crippen molar-refractivity contribution < 1.29 is 19.1 Å². The number of halogens is 1. The van der Waals surface area contributed by atoms with Gasteiger partial charge in [0, 0.05) is 18.7 Å². The van der Waals surface area contributed by atoms with Gasteiger partial charge in [0.05, 0.1) is 12.3 Å². The van der Waals surface area contributed by atoms with Gasteiger partial charge in [0.15, 0.2) is 5.60 Å². The van der Waals surface area contributed by atoms with Crippen molar-refractivity contribution in [1.82, 2.24) is 5.32 Å². The summed E-state index contributed by atoms with van der Waals surface area (Å²) in [4.78, 5) is 25.9. The molecule has 0 bridgehead atoms. The van der Waals surface area contributed by atoms with Gasteiger partial charge >= 0.3 is 0 Å². The van der Waals surface area contributed by atoms with E-state index in [0.717, 1.165) is 0 Å². The number of methoxy groups -OCH3 is 1. The number of hydrogen-bond acceptors (Lipinski definition) is 4. The molecule has 0 saturated carbocycles. The predicted octanol–water partition coefficient (Wildman–Crippen LogP) is 1.61. The molecule has 0 radical (unpaired) electrons. The number of amides is 2. The lowest BCUT2D eigenvalue weighted by Crippen LogP contribution is -2.55. The molecule has 0 spiro atoms. The standard InChI is InChI=1S/C15H19ClN2O4/c1-15(2)14(20)18(9-13(19)17-6-7-21-3)11-8-10(16)4-5-12(11)22-15/h4-5,8H,6-7,9H2,1-3H3,(H,17,19). The summed E-state index contributed by atoms with van der Waals surface area (Å²) >= 11 is 5.99. The average molecular weight is 327 g/mol. The maximum Gasteiger partial charge on any atom is 0.271 e. The molecule has 7 heteroatoms. The normalized spacial score (nSPS) is 16.0. The molecule has 120 valence electrons. The van der Waals surface area contributed by atoms with E-state index in [1.807, 2.05) is 0 Å². The Morgan fingerprint density at radius 1 is 1.45 bits per heavy atom. The van der Waals surface area contributed by atoms with Gasteiger partial charge < -0.3 is 14.8 Å². The first-order valence-corrected chi connectivity index (χ1v) is 7.29. The fraction of sp³-hybridized carbons (Fsp3) is 0.467. The van der Waals surface area contributed by atoms with Gasteiger partial charge in [0.1, 0.15) is 12.3 Å². The zero-order chi connectivity index (χ0) is 16.3. The third-order valence-corrected chi connectivity index (χ3v) is 3.50. The number of nitrogens with one attached hydrogen (secondary N) is 1. The second-order valence-electron chi connectivity index (χ2n) is 5.46. The zero-order valence-electron chi connectivity index (χ0n) is 12.8. The molecule has 2 rings (SSSR count). The Hall–Kier alpha value is -1.79. The van der Waals surface area contributed by atoms with Crippen LogP contribution in [-0.4, -0.2) is 44.2 Å². The molecule has 0 aliphatic carbocycles. The molecule has 0 saturated heterocycles. The van der Waals surface area contributed by atoms with Crippen LogP contribution in [0.1, 0.15) is 13.8 Å². The van der Waals surface area contributed by atoms with Crippen molar-refractivity contribution in [2.45, 2.75) is 19.4 Å². The van der Waals surface area contributed by atoms with Gasteiger partial charge in [-0.15, -0.1) is 0 Å². The van der Waals surface area contributed by atoms with Crippen LogP contribution in [0.15, 0.2) is 18.2 Å². The molecular formula is C15H19ClN2O4. The van der Waals surface area contributed by atoms with Gasteiger partial charge in [0.2, 0.25) is 5.91 Å². The molecule has 1 aliphatic rings. The Morgan fingerprint density at radius 2 is 2.18 bits per heavy atom. The van der Waals surface area contributed by atoms with Crippen molar-refractivity contribution in [1.29, 1.82) is 0 Å². The first kappa shape index (κ1) is 16.6. The van der Waals surface area contributed by atoms with Crippen molar-refractivity contribution in [2.24, 2.45) is 0 Å². The van der Waals surface area contributed by atoms with Crippen LogP contribution in [0.3, 0.4) is 0 Å². The molecule has 22 heavy (non-hydrogen) atoms. The van der Waals surface area contributed by atoms with Crippen molar-refractivity contribution in [3.63, 3.8) is 0 Å². The molecule has 1 heterocycles. The first-order valence-electron chi connectivity index (χ1n) is 6.91. The number of rotatable bonds is 5. The molecule has 2 amide bonds. The van der Waals surface area contributed by atoms with Crippen LogP contribution >= 0.6 is 11.6 Å². The monoisotopic (exact) mass is 326 g/mol. The Kier molecular flexibility index (Phi) is 4.93. The van der Waals surface area contributed by atoms with Gasteiger partial charge in [-0.25, -0.2) is 0 Å². The second-order valence-corrected chi connectivity index (χ2v) is 5.89. The van der Waals surface area contributed by atoms with Gasteiger partial charge in [-0.05, 0) is 32.0 Å². The van der Waals surface area contributed by atoms with Crippen molar-refractivity contribution >= 4 is 29.1 Å². The van der Waals surface area contributed by atoms with Crippen molar-refractivity contribution in [3.05, 3.63) is 23.2 Å². The lowest BCUT2D eigenvalue weighted by Gasteiger charge is -2.38. The van der Waals surface area contributed by atoms with Crippen LogP contribution in [0.5, 0.6) is 5.75 Å². The fourth-order valence-electron chi connectivity index (χ4n) is 2.19. The largest absolute Gasteiger partial charge is 0.476 e. The molecule has 1 aromatic carbocycles. The van der Waals surface area contributed by atoms with E-state index in [0.29, 0.717) is 29.6 Å². The van der Waals surface area contributed by atoms with Gasteiger partial charge in [-0.1, -0.05) is 11.6 Å². The minimum absolute atomic E-state index is 0.0946. The minimum atomic E-state index is -1.03. The lowest BCUT2D eigenvalue weighted by molar-refractivity contribution is -0.134. The van der Waals surface area contributed by atoms with Crippen LogP contribution in [0.4, 0.5) is 5.69 Å². The molecule has 0 atom stereocenters. The number of anilines is 1. The van der Waals surface area contributed by atoms with E-state index < -0.39 is 5.60 Å². The van der Waals surface area contributed by atoms with Crippen LogP contribution in [0.25, 0.3) is 0 Å². The molecule has 0 fully saturated rings. The number of benzene rings is 1. The molecule has 0 aromatic heterocycles. The van der Waals surface area contributed by atoms with Crippen molar-refractivity contribution in [2.75, 3.05) is 31.7 Å². The highest BCUT2D eigenvalue weighted by molar-refractivity contribution is 6.31. The minimum Gasteiger partial charge on any atom is -0.476 e. The highest BCUT2D eigenvalue weighted by atomic mass is 35.5. The third kappa shape index (κ3) is 3.51. The summed E-state index contributed by atoms with van der Waals surface area (Å²) in [5.41, 5.74) is -0.535. The Labute approximate surface area is 134 Å². The summed E-state index contributed by atoms with van der Waals surface area (Å²) in [7, 11) is 1.55. The molecule has 0 unspecified atom stereocenters. The van der Waals surface area contributed by atoms with E-state index in [-0.39, 0.29) is 18.4 Å². The summed E-state index contributed by atoms with van der Waals surface area (Å²) in [5.74, 6) is -0.0307.